The maximum atomic E-state index is 4.48. The van der Waals surface area contributed by atoms with Gasteiger partial charge in [0.15, 0.2) is 0 Å². The van der Waals surface area contributed by atoms with E-state index in [0.717, 1.165) is 28.3 Å². The van der Waals surface area contributed by atoms with Gasteiger partial charge in [0.2, 0.25) is 0 Å². The summed E-state index contributed by atoms with van der Waals surface area (Å²) in [6.07, 6.45) is 0. The van der Waals surface area contributed by atoms with E-state index < -0.39 is 0 Å². The van der Waals surface area contributed by atoms with Crippen LogP contribution in [0.15, 0.2) is 36.4 Å². The van der Waals surface area contributed by atoms with Crippen LogP contribution in [-0.2, 0) is 32.7 Å². The fraction of sp³-hybridized carbons (Fsp3) is 0.200. The standard InChI is InChI=1S/C20H18N2.Y/c1-13-8-14(2)10-19(9-13)17-6-5-7-18(12-17)20-11-15(3)21-16(4)22-20;/h5-10H,1-4H3;/q-2;. The Hall–Kier alpha value is -1.38. The molecule has 0 aliphatic carbocycles. The molecule has 2 nitrogen and oxygen atoms in total. The Morgan fingerprint density at radius 2 is 1.43 bits per heavy atom. The van der Waals surface area contributed by atoms with Gasteiger partial charge in [0, 0.05) is 32.7 Å². The monoisotopic (exact) mass is 375 g/mol. The molecular weight excluding hydrogens is 357 g/mol. The van der Waals surface area contributed by atoms with Crippen LogP contribution < -0.4 is 0 Å². The number of nitrogens with zero attached hydrogens (tertiary/aromatic N) is 2. The molecule has 0 saturated heterocycles. The van der Waals surface area contributed by atoms with Gasteiger partial charge in [0.25, 0.3) is 0 Å². The van der Waals surface area contributed by atoms with Gasteiger partial charge in [-0.15, -0.1) is 17.7 Å². The second kappa shape index (κ2) is 7.46. The maximum absolute atomic E-state index is 4.48. The summed E-state index contributed by atoms with van der Waals surface area (Å²) in [5, 5.41) is 0. The molecular formula is C20H18N2Y-2. The van der Waals surface area contributed by atoms with Crippen LogP contribution in [0.3, 0.4) is 0 Å². The molecule has 3 heteroatoms. The molecule has 0 saturated carbocycles. The molecule has 0 fully saturated rings. The van der Waals surface area contributed by atoms with Crippen molar-refractivity contribution in [1.29, 1.82) is 0 Å². The zero-order chi connectivity index (χ0) is 15.7. The van der Waals surface area contributed by atoms with Crippen molar-refractivity contribution in [1.82, 2.24) is 9.97 Å². The first-order chi connectivity index (χ1) is 10.5. The predicted octanol–water partition coefficient (Wildman–Crippen LogP) is 4.64. The first kappa shape index (κ1) is 18.0. The van der Waals surface area contributed by atoms with Gasteiger partial charge in [-0.1, -0.05) is 40.6 Å². The van der Waals surface area contributed by atoms with Crippen LogP contribution in [-0.4, -0.2) is 9.97 Å². The minimum absolute atomic E-state index is 0. The first-order valence-electron chi connectivity index (χ1n) is 7.37. The molecule has 1 aromatic heterocycles. The summed E-state index contributed by atoms with van der Waals surface area (Å²) in [4.78, 5) is 8.76. The number of hydrogen-bond acceptors (Lipinski definition) is 2. The van der Waals surface area contributed by atoms with Crippen LogP contribution in [0.25, 0.3) is 22.4 Å². The Bertz CT molecular complexity index is 734. The number of benzene rings is 2. The van der Waals surface area contributed by atoms with Crippen molar-refractivity contribution in [3.63, 3.8) is 0 Å². The second-order valence-electron chi connectivity index (χ2n) is 5.68. The van der Waals surface area contributed by atoms with Gasteiger partial charge in [-0.25, -0.2) is 18.2 Å². The molecule has 0 unspecified atom stereocenters. The van der Waals surface area contributed by atoms with Crippen molar-refractivity contribution in [2.24, 2.45) is 0 Å². The zero-order valence-corrected chi connectivity index (χ0v) is 16.8. The Morgan fingerprint density at radius 1 is 0.783 bits per heavy atom. The first-order valence-corrected chi connectivity index (χ1v) is 7.37. The molecule has 23 heavy (non-hydrogen) atoms. The molecule has 1 radical (unpaired) electrons. The average Bonchev–Trinajstić information content (AvgIpc) is 2.45. The third-order valence-corrected chi connectivity index (χ3v) is 3.49. The van der Waals surface area contributed by atoms with Crippen LogP contribution in [0, 0.1) is 39.8 Å². The predicted molar refractivity (Wildman–Crippen MR) is 89.5 cm³/mol. The fourth-order valence-electron chi connectivity index (χ4n) is 2.69. The van der Waals surface area contributed by atoms with E-state index in [9.17, 15) is 0 Å². The van der Waals surface area contributed by atoms with E-state index in [4.69, 9.17) is 0 Å². The molecule has 3 rings (SSSR count). The number of aryl methyl sites for hydroxylation is 4. The second-order valence-corrected chi connectivity index (χ2v) is 5.68. The van der Waals surface area contributed by atoms with Gasteiger partial charge in [-0.2, -0.15) is 5.69 Å². The van der Waals surface area contributed by atoms with E-state index in [0.29, 0.717) is 0 Å². The Morgan fingerprint density at radius 3 is 2.09 bits per heavy atom. The Balaban J connectivity index is 0.00000192. The molecule has 3 aromatic rings. The van der Waals surface area contributed by atoms with Gasteiger partial charge in [-0.05, 0) is 27.7 Å². The van der Waals surface area contributed by atoms with Gasteiger partial charge in [-0.3, -0.25) is 10.5 Å². The van der Waals surface area contributed by atoms with Crippen molar-refractivity contribution >= 4 is 0 Å². The zero-order valence-electron chi connectivity index (χ0n) is 13.9. The summed E-state index contributed by atoms with van der Waals surface area (Å²) in [7, 11) is 0. The quantitative estimate of drug-likeness (QED) is 0.610. The van der Waals surface area contributed by atoms with E-state index in [1.807, 2.05) is 26.0 Å². The van der Waals surface area contributed by atoms with E-state index in [2.05, 4.69) is 60.2 Å². The summed E-state index contributed by atoms with van der Waals surface area (Å²) in [6.45, 7) is 8.07. The third kappa shape index (κ3) is 4.33. The Labute approximate surface area is 163 Å². The summed E-state index contributed by atoms with van der Waals surface area (Å²) in [6, 6.07) is 19.4. The molecule has 0 aliphatic rings. The van der Waals surface area contributed by atoms with Crippen LogP contribution >= 0.6 is 0 Å². The van der Waals surface area contributed by atoms with Crippen LogP contribution in [0.2, 0.25) is 0 Å². The van der Waals surface area contributed by atoms with Gasteiger partial charge in [0.1, 0.15) is 5.82 Å². The molecule has 0 spiro atoms. The normalized spacial score (nSPS) is 10.3. The minimum Gasteiger partial charge on any atom is -0.312 e. The van der Waals surface area contributed by atoms with E-state index >= 15 is 0 Å². The van der Waals surface area contributed by atoms with E-state index in [1.54, 1.807) is 0 Å². The summed E-state index contributed by atoms with van der Waals surface area (Å²) < 4.78 is 0. The van der Waals surface area contributed by atoms with Crippen molar-refractivity contribution in [2.75, 3.05) is 0 Å². The van der Waals surface area contributed by atoms with Gasteiger partial charge >= 0.3 is 0 Å². The third-order valence-electron chi connectivity index (χ3n) is 3.49. The van der Waals surface area contributed by atoms with Crippen LogP contribution in [0.4, 0.5) is 0 Å². The van der Waals surface area contributed by atoms with Gasteiger partial charge < -0.3 is 4.98 Å². The van der Waals surface area contributed by atoms with Crippen molar-refractivity contribution in [3.05, 3.63) is 71.2 Å². The molecule has 0 bridgehead atoms. The number of hydrogen-bond donors (Lipinski definition) is 0. The molecule has 0 amide bonds. The summed E-state index contributed by atoms with van der Waals surface area (Å²) in [5.74, 6) is 0.761. The van der Waals surface area contributed by atoms with Gasteiger partial charge in [0.05, 0.1) is 0 Å². The smallest absolute Gasteiger partial charge is 0.113 e. The van der Waals surface area contributed by atoms with E-state index in [-0.39, 0.29) is 32.7 Å². The molecule has 0 N–H and O–H groups in total. The van der Waals surface area contributed by atoms with E-state index in [1.165, 1.54) is 16.7 Å². The molecule has 0 atom stereocenters. The Kier molecular flexibility index (Phi) is 5.83. The number of aromatic nitrogens is 2. The minimum atomic E-state index is 0. The molecule has 0 aliphatic heterocycles. The largest absolute Gasteiger partial charge is 0.312 e. The average molecular weight is 375 g/mol. The summed E-state index contributed by atoms with van der Waals surface area (Å²) >= 11 is 0. The van der Waals surface area contributed by atoms with Crippen molar-refractivity contribution in [3.8, 4) is 22.4 Å². The topological polar surface area (TPSA) is 25.8 Å². The van der Waals surface area contributed by atoms with Crippen LogP contribution in [0.5, 0.6) is 0 Å². The molecule has 113 valence electrons. The molecule has 1 heterocycles. The maximum Gasteiger partial charge on any atom is 0.113 e. The fourth-order valence-corrected chi connectivity index (χ4v) is 2.69. The van der Waals surface area contributed by atoms with Crippen molar-refractivity contribution < 1.29 is 32.7 Å². The SMILES string of the molecule is Cc1cc(C)cc(-c2[c-]c(-c3[c-]c(C)nc(C)n3)ccc2)c1.[Y]. The summed E-state index contributed by atoms with van der Waals surface area (Å²) in [5.41, 5.74) is 7.38. The molecule has 2 aromatic carbocycles. The number of rotatable bonds is 2. The van der Waals surface area contributed by atoms with Crippen LogP contribution in [0.1, 0.15) is 22.6 Å². The van der Waals surface area contributed by atoms with Crippen molar-refractivity contribution in [2.45, 2.75) is 27.7 Å².